The van der Waals surface area contributed by atoms with Crippen LogP contribution in [0, 0.1) is 11.3 Å². The van der Waals surface area contributed by atoms with Gasteiger partial charge in [0.15, 0.2) is 5.25 Å². The van der Waals surface area contributed by atoms with Crippen molar-refractivity contribution in [2.75, 3.05) is 0 Å². The van der Waals surface area contributed by atoms with Gasteiger partial charge in [-0.25, -0.2) is 13.1 Å². The van der Waals surface area contributed by atoms with Gasteiger partial charge in [-0.05, 0) is 24.1 Å². The molecule has 0 aromatic heterocycles. The maximum Gasteiger partial charge on any atom is 0.228 e. The highest BCUT2D eigenvalue weighted by Gasteiger charge is 2.22. The average Bonchev–Trinajstić information content (AvgIpc) is 2.28. The third kappa shape index (κ3) is 3.73. The van der Waals surface area contributed by atoms with Crippen LogP contribution >= 0.6 is 0 Å². The minimum atomic E-state index is -3.63. The van der Waals surface area contributed by atoms with E-state index in [0.717, 1.165) is 0 Å². The molecule has 0 aliphatic rings. The Labute approximate surface area is 101 Å². The zero-order chi connectivity index (χ0) is 12.9. The second kappa shape index (κ2) is 5.66. The molecular formula is C11H14N2O3S. The standard InChI is InChI=1S/C11H14N2O3S/c1-2-11(7-12)17(15,16)13-8-9-4-3-5-10(14)6-9/h3-6,11,13-14H,2,8H2,1H3. The van der Waals surface area contributed by atoms with E-state index in [1.807, 2.05) is 0 Å². The smallest absolute Gasteiger partial charge is 0.228 e. The van der Waals surface area contributed by atoms with Crippen molar-refractivity contribution in [1.82, 2.24) is 4.72 Å². The maximum atomic E-state index is 11.7. The summed E-state index contributed by atoms with van der Waals surface area (Å²) in [6, 6.07) is 8.03. The number of nitrogens with zero attached hydrogens (tertiary/aromatic N) is 1. The van der Waals surface area contributed by atoms with Crippen molar-refractivity contribution in [3.63, 3.8) is 0 Å². The van der Waals surface area contributed by atoms with E-state index in [1.54, 1.807) is 25.1 Å². The van der Waals surface area contributed by atoms with Gasteiger partial charge in [0, 0.05) is 6.54 Å². The molecule has 0 bridgehead atoms. The highest BCUT2D eigenvalue weighted by atomic mass is 32.2. The molecular weight excluding hydrogens is 240 g/mol. The number of phenols is 1. The van der Waals surface area contributed by atoms with Crippen LogP contribution in [-0.2, 0) is 16.6 Å². The van der Waals surface area contributed by atoms with E-state index in [9.17, 15) is 13.5 Å². The number of hydrogen-bond donors (Lipinski definition) is 2. The Balaban J connectivity index is 2.71. The Morgan fingerprint density at radius 3 is 2.76 bits per heavy atom. The quantitative estimate of drug-likeness (QED) is 0.823. The third-order valence-corrected chi connectivity index (χ3v) is 4.01. The largest absolute Gasteiger partial charge is 0.508 e. The van der Waals surface area contributed by atoms with Gasteiger partial charge in [0.2, 0.25) is 10.0 Å². The Hall–Kier alpha value is -1.58. The Morgan fingerprint density at radius 1 is 1.53 bits per heavy atom. The highest BCUT2D eigenvalue weighted by molar-refractivity contribution is 7.90. The van der Waals surface area contributed by atoms with Gasteiger partial charge in [0.1, 0.15) is 5.75 Å². The lowest BCUT2D eigenvalue weighted by Crippen LogP contribution is -2.32. The SMILES string of the molecule is CCC(C#N)S(=O)(=O)NCc1cccc(O)c1. The van der Waals surface area contributed by atoms with E-state index in [1.165, 1.54) is 12.1 Å². The Morgan fingerprint density at radius 2 is 2.24 bits per heavy atom. The van der Waals surface area contributed by atoms with E-state index >= 15 is 0 Å². The summed E-state index contributed by atoms with van der Waals surface area (Å²) in [4.78, 5) is 0. The van der Waals surface area contributed by atoms with Crippen LogP contribution in [0.1, 0.15) is 18.9 Å². The number of hydrogen-bond acceptors (Lipinski definition) is 4. The number of rotatable bonds is 5. The zero-order valence-corrected chi connectivity index (χ0v) is 10.2. The van der Waals surface area contributed by atoms with Gasteiger partial charge in [-0.3, -0.25) is 0 Å². The summed E-state index contributed by atoms with van der Waals surface area (Å²) in [5.74, 6) is 0.0778. The van der Waals surface area contributed by atoms with Crippen LogP contribution in [-0.4, -0.2) is 18.8 Å². The summed E-state index contributed by atoms with van der Waals surface area (Å²) < 4.78 is 25.7. The minimum Gasteiger partial charge on any atom is -0.508 e. The molecule has 6 heteroatoms. The van der Waals surface area contributed by atoms with E-state index in [0.29, 0.717) is 5.56 Å². The molecule has 92 valence electrons. The summed E-state index contributed by atoms with van der Waals surface area (Å²) in [6.07, 6.45) is 0.242. The fourth-order valence-corrected chi connectivity index (χ4v) is 2.48. The van der Waals surface area contributed by atoms with Crippen molar-refractivity contribution in [3.8, 4) is 11.8 Å². The lowest BCUT2D eigenvalue weighted by atomic mass is 10.2. The topological polar surface area (TPSA) is 90.2 Å². The zero-order valence-electron chi connectivity index (χ0n) is 9.42. The molecule has 0 aliphatic carbocycles. The molecule has 0 spiro atoms. The molecule has 0 aliphatic heterocycles. The highest BCUT2D eigenvalue weighted by Crippen LogP contribution is 2.11. The molecule has 0 fully saturated rings. The van der Waals surface area contributed by atoms with E-state index in [4.69, 9.17) is 5.26 Å². The first kappa shape index (κ1) is 13.5. The number of benzene rings is 1. The molecule has 0 heterocycles. The Kier molecular flexibility index (Phi) is 4.49. The van der Waals surface area contributed by atoms with E-state index < -0.39 is 15.3 Å². The van der Waals surface area contributed by atoms with Gasteiger partial charge in [0.25, 0.3) is 0 Å². The van der Waals surface area contributed by atoms with Crippen molar-refractivity contribution >= 4 is 10.0 Å². The van der Waals surface area contributed by atoms with Crippen LogP contribution in [0.2, 0.25) is 0 Å². The van der Waals surface area contributed by atoms with Crippen molar-refractivity contribution in [2.24, 2.45) is 0 Å². The summed E-state index contributed by atoms with van der Waals surface area (Å²) in [5, 5.41) is 16.9. The first-order valence-electron chi connectivity index (χ1n) is 5.15. The summed E-state index contributed by atoms with van der Waals surface area (Å²) in [5.41, 5.74) is 0.640. The molecule has 17 heavy (non-hydrogen) atoms. The van der Waals surface area contributed by atoms with Crippen LogP contribution < -0.4 is 4.72 Å². The number of aromatic hydroxyl groups is 1. The predicted octanol–water partition coefficient (Wildman–Crippen LogP) is 1.11. The molecule has 0 radical (unpaired) electrons. The van der Waals surface area contributed by atoms with Crippen molar-refractivity contribution in [1.29, 1.82) is 5.26 Å². The monoisotopic (exact) mass is 254 g/mol. The van der Waals surface area contributed by atoms with Gasteiger partial charge in [-0.1, -0.05) is 19.1 Å². The van der Waals surface area contributed by atoms with Gasteiger partial charge < -0.3 is 5.11 Å². The molecule has 0 saturated carbocycles. The van der Waals surface area contributed by atoms with Crippen LogP contribution in [0.5, 0.6) is 5.75 Å². The normalized spacial score (nSPS) is 12.9. The summed E-state index contributed by atoms with van der Waals surface area (Å²) in [7, 11) is -3.63. The van der Waals surface area contributed by atoms with Gasteiger partial charge in [-0.15, -0.1) is 0 Å². The van der Waals surface area contributed by atoms with Gasteiger partial charge in [-0.2, -0.15) is 5.26 Å². The van der Waals surface area contributed by atoms with E-state index in [-0.39, 0.29) is 18.7 Å². The van der Waals surface area contributed by atoms with Crippen LogP contribution in [0.3, 0.4) is 0 Å². The van der Waals surface area contributed by atoms with Crippen molar-refractivity contribution < 1.29 is 13.5 Å². The fourth-order valence-electron chi connectivity index (χ4n) is 1.33. The van der Waals surface area contributed by atoms with Gasteiger partial charge >= 0.3 is 0 Å². The summed E-state index contributed by atoms with van der Waals surface area (Å²) in [6.45, 7) is 1.70. The molecule has 1 unspecified atom stereocenters. The molecule has 1 aromatic carbocycles. The number of nitriles is 1. The minimum absolute atomic E-state index is 0.0644. The summed E-state index contributed by atoms with van der Waals surface area (Å²) >= 11 is 0. The Bertz CT molecular complexity index is 520. The number of phenolic OH excluding ortho intramolecular Hbond substituents is 1. The first-order chi connectivity index (χ1) is 7.99. The molecule has 0 amide bonds. The number of nitrogens with one attached hydrogen (secondary N) is 1. The van der Waals surface area contributed by atoms with Crippen molar-refractivity contribution in [2.45, 2.75) is 25.1 Å². The molecule has 1 aromatic rings. The molecule has 2 N–H and O–H groups in total. The fraction of sp³-hybridized carbons (Fsp3) is 0.364. The van der Waals surface area contributed by atoms with Crippen LogP contribution in [0.4, 0.5) is 0 Å². The first-order valence-corrected chi connectivity index (χ1v) is 6.70. The molecule has 1 atom stereocenters. The third-order valence-electron chi connectivity index (χ3n) is 2.28. The van der Waals surface area contributed by atoms with Crippen LogP contribution in [0.25, 0.3) is 0 Å². The van der Waals surface area contributed by atoms with Gasteiger partial charge in [0.05, 0.1) is 6.07 Å². The van der Waals surface area contributed by atoms with E-state index in [2.05, 4.69) is 4.72 Å². The second-order valence-corrected chi connectivity index (χ2v) is 5.51. The molecule has 0 saturated heterocycles. The van der Waals surface area contributed by atoms with Crippen LogP contribution in [0.15, 0.2) is 24.3 Å². The second-order valence-electron chi connectivity index (χ2n) is 3.56. The maximum absolute atomic E-state index is 11.7. The molecule has 1 rings (SSSR count). The lowest BCUT2D eigenvalue weighted by Gasteiger charge is -2.10. The molecule has 5 nitrogen and oxygen atoms in total. The van der Waals surface area contributed by atoms with Crippen molar-refractivity contribution in [3.05, 3.63) is 29.8 Å². The number of sulfonamides is 1. The lowest BCUT2D eigenvalue weighted by molar-refractivity contribution is 0.474. The average molecular weight is 254 g/mol. The predicted molar refractivity (Wildman–Crippen MR) is 63.6 cm³/mol.